The predicted octanol–water partition coefficient (Wildman–Crippen LogP) is 5.25. The van der Waals surface area contributed by atoms with E-state index in [4.69, 9.17) is 14.5 Å². The minimum Gasteiger partial charge on any atom is -0.491 e. The molecule has 0 amide bonds. The van der Waals surface area contributed by atoms with Gasteiger partial charge in [-0.05, 0) is 46.5 Å². The molecule has 4 aromatic heterocycles. The molecule has 7 rings (SSSR count). The van der Waals surface area contributed by atoms with Crippen molar-refractivity contribution in [3.05, 3.63) is 58.5 Å². The Morgan fingerprint density at radius 2 is 2.00 bits per heavy atom. The number of imidazole rings is 1. The van der Waals surface area contributed by atoms with Crippen molar-refractivity contribution in [3.8, 4) is 34.4 Å². The molecule has 0 saturated heterocycles. The SMILES string of the molecule is COc1ncnc(C2CC2)c1-c1ncc2c(Br)nn(Cc3ccc4c(c3)OCCn3cc(C(F)(F)F)nc3-4)c2n1. The summed E-state index contributed by atoms with van der Waals surface area (Å²) in [7, 11) is 1.55. The molecule has 0 radical (unpaired) electrons. The van der Waals surface area contributed by atoms with Gasteiger partial charge in [0.1, 0.15) is 34.7 Å². The lowest BCUT2D eigenvalue weighted by atomic mass is 10.1. The van der Waals surface area contributed by atoms with Gasteiger partial charge >= 0.3 is 6.18 Å². The number of benzene rings is 1. The number of alkyl halides is 3. The highest BCUT2D eigenvalue weighted by Crippen LogP contribution is 2.45. The first-order chi connectivity index (χ1) is 19.3. The number of halogens is 4. The van der Waals surface area contributed by atoms with Gasteiger partial charge in [0, 0.05) is 18.3 Å². The lowest BCUT2D eigenvalue weighted by Gasteiger charge is -2.11. The highest BCUT2D eigenvalue weighted by molar-refractivity contribution is 9.10. The molecule has 0 bridgehead atoms. The van der Waals surface area contributed by atoms with Crippen LogP contribution in [0, 0.1) is 0 Å². The molecular weight excluding hydrogens is 593 g/mol. The average molecular weight is 613 g/mol. The van der Waals surface area contributed by atoms with Crippen LogP contribution in [0.3, 0.4) is 0 Å². The largest absolute Gasteiger partial charge is 0.491 e. The maximum atomic E-state index is 13.3. The second kappa shape index (κ2) is 9.25. The molecule has 0 atom stereocenters. The smallest absolute Gasteiger partial charge is 0.434 e. The Kier molecular flexibility index (Phi) is 5.77. The first kappa shape index (κ1) is 24.9. The first-order valence-electron chi connectivity index (χ1n) is 12.5. The Labute approximate surface area is 233 Å². The number of nitrogens with zero attached hydrogens (tertiary/aromatic N) is 8. The molecule has 1 aromatic carbocycles. The van der Waals surface area contributed by atoms with E-state index in [1.807, 2.05) is 6.07 Å². The summed E-state index contributed by atoms with van der Waals surface area (Å²) in [6, 6.07) is 5.35. The molecule has 1 aliphatic heterocycles. The summed E-state index contributed by atoms with van der Waals surface area (Å²) < 4.78 is 55.1. The molecule has 0 N–H and O–H groups in total. The minimum absolute atomic E-state index is 0.217. The Hall–Kier alpha value is -4.07. The number of rotatable bonds is 5. The molecule has 14 heteroatoms. The monoisotopic (exact) mass is 612 g/mol. The highest BCUT2D eigenvalue weighted by Gasteiger charge is 2.36. The quantitative estimate of drug-likeness (QED) is 0.265. The van der Waals surface area contributed by atoms with Gasteiger partial charge in [-0.15, -0.1) is 0 Å². The van der Waals surface area contributed by atoms with Crippen molar-refractivity contribution < 1.29 is 22.6 Å². The lowest BCUT2D eigenvalue weighted by molar-refractivity contribution is -0.140. The summed E-state index contributed by atoms with van der Waals surface area (Å²) in [6.07, 6.45) is 1.77. The van der Waals surface area contributed by atoms with Crippen LogP contribution in [-0.2, 0) is 19.3 Å². The van der Waals surface area contributed by atoms with Gasteiger partial charge in [0.05, 0.1) is 36.8 Å². The van der Waals surface area contributed by atoms with Crippen molar-refractivity contribution in [1.29, 1.82) is 0 Å². The standard InChI is InChI=1S/C26H20BrF3N8O2/c1-39-25-19(20(14-3-4-14)32-12-33-25)22-31-9-16-21(27)36-38(24(16)35-22)10-13-2-5-15-17(8-13)40-7-6-37-11-18(26(28,29)30)34-23(15)37/h2,5,8-9,11-12,14H,3-4,6-7,10H2,1H3. The Morgan fingerprint density at radius 1 is 1.15 bits per heavy atom. The van der Waals surface area contributed by atoms with Crippen LogP contribution in [0.5, 0.6) is 11.6 Å². The molecule has 10 nitrogen and oxygen atoms in total. The molecule has 1 aliphatic carbocycles. The van der Waals surface area contributed by atoms with Crippen molar-refractivity contribution in [2.24, 2.45) is 0 Å². The van der Waals surface area contributed by atoms with Gasteiger partial charge in [-0.2, -0.15) is 18.3 Å². The number of hydrogen-bond donors (Lipinski definition) is 0. The van der Waals surface area contributed by atoms with Crippen LogP contribution in [0.4, 0.5) is 13.2 Å². The van der Waals surface area contributed by atoms with E-state index in [0.717, 1.165) is 35.7 Å². The van der Waals surface area contributed by atoms with Crippen LogP contribution in [-0.4, -0.2) is 53.0 Å². The van der Waals surface area contributed by atoms with E-state index in [0.29, 0.717) is 51.3 Å². The van der Waals surface area contributed by atoms with Crippen LogP contribution in [0.2, 0.25) is 0 Å². The van der Waals surface area contributed by atoms with E-state index >= 15 is 0 Å². The molecule has 5 aromatic rings. The Morgan fingerprint density at radius 3 is 2.77 bits per heavy atom. The summed E-state index contributed by atoms with van der Waals surface area (Å²) in [6.45, 7) is 0.804. The van der Waals surface area contributed by atoms with Crippen molar-refractivity contribution in [2.75, 3.05) is 13.7 Å². The molecule has 2 aliphatic rings. The van der Waals surface area contributed by atoms with Crippen LogP contribution < -0.4 is 9.47 Å². The number of ether oxygens (including phenoxy) is 2. The van der Waals surface area contributed by atoms with Crippen LogP contribution in [0.15, 0.2) is 41.5 Å². The zero-order valence-electron chi connectivity index (χ0n) is 21.0. The fourth-order valence-corrected chi connectivity index (χ4v) is 5.37. The van der Waals surface area contributed by atoms with Gasteiger partial charge in [-0.1, -0.05) is 6.07 Å². The van der Waals surface area contributed by atoms with E-state index < -0.39 is 11.9 Å². The zero-order chi connectivity index (χ0) is 27.6. The number of hydrogen-bond acceptors (Lipinski definition) is 8. The molecule has 40 heavy (non-hydrogen) atoms. The van der Waals surface area contributed by atoms with Gasteiger partial charge in [0.25, 0.3) is 0 Å². The van der Waals surface area contributed by atoms with Crippen molar-refractivity contribution >= 4 is 27.0 Å². The Bertz CT molecular complexity index is 1780. The number of fused-ring (bicyclic) bond motifs is 4. The van der Waals surface area contributed by atoms with Gasteiger partial charge < -0.3 is 14.0 Å². The van der Waals surface area contributed by atoms with Crippen LogP contribution in [0.25, 0.3) is 33.8 Å². The maximum Gasteiger partial charge on any atom is 0.434 e. The second-order valence-electron chi connectivity index (χ2n) is 9.62. The van der Waals surface area contributed by atoms with E-state index in [9.17, 15) is 13.2 Å². The topological polar surface area (TPSA) is 106 Å². The average Bonchev–Trinajstić information content (AvgIpc) is 3.66. The summed E-state index contributed by atoms with van der Waals surface area (Å²) in [5, 5.41) is 5.34. The van der Waals surface area contributed by atoms with Gasteiger partial charge in [0.2, 0.25) is 5.88 Å². The number of methoxy groups -OCH3 is 1. The lowest BCUT2D eigenvalue weighted by Crippen LogP contribution is -2.07. The third-order valence-corrected chi connectivity index (χ3v) is 7.53. The van der Waals surface area contributed by atoms with Crippen LogP contribution in [0.1, 0.15) is 35.7 Å². The molecule has 0 spiro atoms. The molecule has 5 heterocycles. The predicted molar refractivity (Wildman–Crippen MR) is 140 cm³/mol. The Balaban J connectivity index is 1.27. The number of aromatic nitrogens is 8. The van der Waals surface area contributed by atoms with Gasteiger partial charge in [-0.3, -0.25) is 0 Å². The summed E-state index contributed by atoms with van der Waals surface area (Å²) in [5.41, 5.74) is 2.53. The normalized spacial score (nSPS) is 14.9. The van der Waals surface area contributed by atoms with Gasteiger partial charge in [-0.25, -0.2) is 29.6 Å². The van der Waals surface area contributed by atoms with Crippen molar-refractivity contribution in [1.82, 2.24) is 39.3 Å². The maximum absolute atomic E-state index is 13.3. The van der Waals surface area contributed by atoms with Crippen molar-refractivity contribution in [2.45, 2.75) is 38.0 Å². The van der Waals surface area contributed by atoms with Crippen LogP contribution >= 0.6 is 15.9 Å². The third-order valence-electron chi connectivity index (χ3n) is 6.94. The summed E-state index contributed by atoms with van der Waals surface area (Å²) in [4.78, 5) is 22.1. The molecule has 0 unspecified atom stereocenters. The van der Waals surface area contributed by atoms with E-state index in [2.05, 4.69) is 41.0 Å². The van der Waals surface area contributed by atoms with Gasteiger partial charge in [0.15, 0.2) is 17.2 Å². The highest BCUT2D eigenvalue weighted by atomic mass is 79.9. The molecule has 1 fully saturated rings. The van der Waals surface area contributed by atoms with E-state index in [1.54, 1.807) is 30.1 Å². The van der Waals surface area contributed by atoms with E-state index in [1.165, 1.54) is 10.9 Å². The molecule has 204 valence electrons. The summed E-state index contributed by atoms with van der Waals surface area (Å²) in [5.74, 6) is 1.86. The minimum atomic E-state index is -4.52. The van der Waals surface area contributed by atoms with Crippen molar-refractivity contribution in [3.63, 3.8) is 0 Å². The fourth-order valence-electron chi connectivity index (χ4n) is 4.90. The third kappa shape index (κ3) is 4.26. The summed E-state index contributed by atoms with van der Waals surface area (Å²) >= 11 is 3.51. The molecular formula is C26H20BrF3N8O2. The molecule has 1 saturated carbocycles. The second-order valence-corrected chi connectivity index (χ2v) is 10.4. The zero-order valence-corrected chi connectivity index (χ0v) is 22.6. The fraction of sp³-hybridized carbons (Fsp3) is 0.308. The first-order valence-corrected chi connectivity index (χ1v) is 13.3. The van der Waals surface area contributed by atoms with E-state index in [-0.39, 0.29) is 19.0 Å².